The lowest BCUT2D eigenvalue weighted by molar-refractivity contribution is 0.475. The van der Waals surface area contributed by atoms with E-state index in [1.807, 2.05) is 85.0 Å². The average molecular weight is 681 g/mol. The van der Waals surface area contributed by atoms with Crippen LogP contribution in [0.2, 0.25) is 0 Å². The van der Waals surface area contributed by atoms with Crippen LogP contribution in [0.1, 0.15) is 34.2 Å². The predicted octanol–water partition coefficient (Wildman–Crippen LogP) is 9.65. The lowest BCUT2D eigenvalue weighted by atomic mass is 9.99. The van der Waals surface area contributed by atoms with E-state index in [1.54, 1.807) is 48.5 Å². The summed E-state index contributed by atoms with van der Waals surface area (Å²) in [5.41, 5.74) is 12.7. The maximum absolute atomic E-state index is 10.6. The largest absolute Gasteiger partial charge is 0.508 e. The minimum Gasteiger partial charge on any atom is -0.508 e. The molecule has 0 unspecified atom stereocenters. The van der Waals surface area contributed by atoms with Crippen molar-refractivity contribution < 1.29 is 20.4 Å². The van der Waals surface area contributed by atoms with Crippen molar-refractivity contribution in [1.82, 2.24) is 19.9 Å². The first-order chi connectivity index (χ1) is 25.4. The molecule has 8 heteroatoms. The van der Waals surface area contributed by atoms with Crippen molar-refractivity contribution in [3.05, 3.63) is 143 Å². The molecule has 8 bridgehead atoms. The number of phenols is 4. The molecule has 2 aromatic heterocycles. The normalized spacial score (nSPS) is 12.6. The maximum Gasteiger partial charge on any atom is 0.116 e. The van der Waals surface area contributed by atoms with E-state index in [1.165, 1.54) is 0 Å². The molecular formula is C44H32N4O4. The van der Waals surface area contributed by atoms with Gasteiger partial charge >= 0.3 is 0 Å². The van der Waals surface area contributed by atoms with Gasteiger partial charge < -0.3 is 30.4 Å². The van der Waals surface area contributed by atoms with Gasteiger partial charge in [0.2, 0.25) is 0 Å². The number of hydrogen-bond donors (Lipinski definition) is 6. The number of nitrogens with zero attached hydrogens (tertiary/aromatic N) is 2. The van der Waals surface area contributed by atoms with Crippen LogP contribution >= 0.6 is 0 Å². The second-order valence-electron chi connectivity index (χ2n) is 13.0. The third-order valence-electron chi connectivity index (χ3n) is 9.60. The zero-order valence-corrected chi connectivity index (χ0v) is 27.8. The standard InChI is InChI=1S/C44H32N4O4/c49-29-9-1-5-25(21-29)41-33-13-15-35(45-33)42(26-6-2-10-30(50)22-26)37-17-19-39(47-37)44(28-8-4-12-32(52)24-28)40-20-18-38(48-40)43(36-16-14-34(41)46-36)27-7-3-11-31(51)23-27/h1-17,19,21-24,45,48-52H,18,20H2. The number of hydrogen-bond acceptors (Lipinski definition) is 6. The number of H-pyrrole nitrogens is 2. The van der Waals surface area contributed by atoms with Crippen molar-refractivity contribution in [2.45, 2.75) is 12.8 Å². The molecular weight excluding hydrogens is 649 g/mol. The van der Waals surface area contributed by atoms with Crippen LogP contribution in [0, 0.1) is 0 Å². The average Bonchev–Trinajstić information content (AvgIpc) is 3.96. The Morgan fingerprint density at radius 3 is 1.06 bits per heavy atom. The van der Waals surface area contributed by atoms with Gasteiger partial charge in [-0.25, -0.2) is 9.97 Å². The number of aromatic nitrogens is 4. The molecule has 0 fully saturated rings. The minimum absolute atomic E-state index is 0.135. The highest BCUT2D eigenvalue weighted by atomic mass is 16.3. The maximum atomic E-state index is 10.6. The molecule has 52 heavy (non-hydrogen) atoms. The summed E-state index contributed by atoms with van der Waals surface area (Å²) < 4.78 is 0. The number of aromatic hydroxyl groups is 4. The fourth-order valence-corrected chi connectivity index (χ4v) is 7.38. The van der Waals surface area contributed by atoms with Gasteiger partial charge in [-0.3, -0.25) is 0 Å². The van der Waals surface area contributed by atoms with E-state index in [2.05, 4.69) is 9.97 Å². The molecule has 6 aromatic rings. The first-order valence-electron chi connectivity index (χ1n) is 17.0. The zero-order valence-electron chi connectivity index (χ0n) is 27.8. The van der Waals surface area contributed by atoms with Crippen LogP contribution in [-0.2, 0) is 12.8 Å². The fraction of sp³-hybridized carbons (Fsp3) is 0.0455. The number of rotatable bonds is 4. The Morgan fingerprint density at radius 1 is 0.385 bits per heavy atom. The molecule has 5 heterocycles. The Kier molecular flexibility index (Phi) is 7.36. The molecule has 0 spiro atoms. The van der Waals surface area contributed by atoms with Crippen LogP contribution in [-0.4, -0.2) is 40.4 Å². The lowest BCUT2D eigenvalue weighted by Gasteiger charge is -2.08. The van der Waals surface area contributed by atoms with Gasteiger partial charge in [0.05, 0.1) is 22.8 Å². The SMILES string of the molecule is Oc1cccc(-c2c3nc(c(-c4cccc(O)c4)c4ccc([nH]4)c(-c4cccc(O)c4)c4nc(c(-c5cccc(O)c5)c5[nH]c2CC5)C=C4)C=C3)c1. The summed E-state index contributed by atoms with van der Waals surface area (Å²) in [6.07, 6.45) is 9.27. The smallest absolute Gasteiger partial charge is 0.116 e. The highest BCUT2D eigenvalue weighted by molar-refractivity contribution is 5.97. The quantitative estimate of drug-likeness (QED) is 0.109. The van der Waals surface area contributed by atoms with E-state index < -0.39 is 0 Å². The molecule has 3 aliphatic heterocycles. The molecule has 3 aliphatic rings. The Bertz CT molecular complexity index is 2520. The monoisotopic (exact) mass is 680 g/mol. The van der Waals surface area contributed by atoms with Crippen molar-refractivity contribution in [3.8, 4) is 67.5 Å². The van der Waals surface area contributed by atoms with Gasteiger partial charge in [-0.15, -0.1) is 0 Å². The number of benzene rings is 4. The summed E-state index contributed by atoms with van der Waals surface area (Å²) in [4.78, 5) is 17.8. The molecule has 9 rings (SSSR count). The molecule has 0 radical (unpaired) electrons. The van der Waals surface area contributed by atoms with Crippen molar-refractivity contribution in [2.75, 3.05) is 0 Å². The van der Waals surface area contributed by atoms with Crippen molar-refractivity contribution >= 4 is 35.3 Å². The summed E-state index contributed by atoms with van der Waals surface area (Å²) >= 11 is 0. The van der Waals surface area contributed by atoms with E-state index in [4.69, 9.17) is 9.97 Å². The van der Waals surface area contributed by atoms with Crippen LogP contribution in [0.25, 0.3) is 79.8 Å². The van der Waals surface area contributed by atoms with Crippen LogP contribution in [0.5, 0.6) is 23.0 Å². The van der Waals surface area contributed by atoms with Crippen molar-refractivity contribution in [3.63, 3.8) is 0 Å². The van der Waals surface area contributed by atoms with Gasteiger partial charge in [0.25, 0.3) is 0 Å². The first kappa shape index (κ1) is 31.0. The van der Waals surface area contributed by atoms with Gasteiger partial charge in [0.1, 0.15) is 23.0 Å². The van der Waals surface area contributed by atoms with E-state index >= 15 is 0 Å². The summed E-state index contributed by atoms with van der Waals surface area (Å²) in [5, 5.41) is 42.3. The van der Waals surface area contributed by atoms with E-state index in [-0.39, 0.29) is 23.0 Å². The molecule has 4 aromatic carbocycles. The molecule has 0 aliphatic carbocycles. The van der Waals surface area contributed by atoms with E-state index in [9.17, 15) is 20.4 Å². The van der Waals surface area contributed by atoms with Gasteiger partial charge in [-0.05, 0) is 120 Å². The van der Waals surface area contributed by atoms with Crippen LogP contribution in [0.15, 0.2) is 109 Å². The number of aromatic amines is 2. The lowest BCUT2D eigenvalue weighted by Crippen LogP contribution is -1.92. The highest BCUT2D eigenvalue weighted by Crippen LogP contribution is 2.40. The predicted molar refractivity (Wildman–Crippen MR) is 206 cm³/mol. The van der Waals surface area contributed by atoms with E-state index in [0.29, 0.717) is 24.2 Å². The second-order valence-corrected chi connectivity index (χ2v) is 13.0. The number of nitrogens with one attached hydrogen (secondary N) is 2. The second kappa shape index (κ2) is 12.4. The van der Waals surface area contributed by atoms with Gasteiger partial charge in [0.15, 0.2) is 0 Å². The molecule has 0 amide bonds. The molecule has 0 saturated carbocycles. The minimum atomic E-state index is 0.135. The van der Waals surface area contributed by atoms with Gasteiger partial charge in [0, 0.05) is 44.7 Å². The molecule has 0 atom stereocenters. The fourth-order valence-electron chi connectivity index (χ4n) is 7.38. The van der Waals surface area contributed by atoms with Crippen LogP contribution in [0.4, 0.5) is 0 Å². The van der Waals surface area contributed by atoms with Crippen LogP contribution < -0.4 is 0 Å². The van der Waals surface area contributed by atoms with Gasteiger partial charge in [-0.2, -0.15) is 0 Å². The Balaban J connectivity index is 1.48. The number of fused-ring (bicyclic) bond motifs is 8. The number of phenolic OH excluding ortho intramolecular Hbond substituents is 4. The first-order valence-corrected chi connectivity index (χ1v) is 17.0. The highest BCUT2D eigenvalue weighted by Gasteiger charge is 2.23. The molecule has 0 saturated heterocycles. The third kappa shape index (κ3) is 5.52. The summed E-state index contributed by atoms with van der Waals surface area (Å²) in [7, 11) is 0. The molecule has 252 valence electrons. The Labute approximate surface area is 298 Å². The topological polar surface area (TPSA) is 138 Å². The third-order valence-corrected chi connectivity index (χ3v) is 9.60. The molecule has 6 N–H and O–H groups in total. The van der Waals surface area contributed by atoms with E-state index in [0.717, 1.165) is 78.3 Å². The number of aryl methyl sites for hydroxylation is 2. The van der Waals surface area contributed by atoms with Crippen LogP contribution in [0.3, 0.4) is 0 Å². The Hall–Kier alpha value is -7.06. The summed E-state index contributed by atoms with van der Waals surface area (Å²) in [6.45, 7) is 0. The summed E-state index contributed by atoms with van der Waals surface area (Å²) in [5.74, 6) is 0.570. The van der Waals surface area contributed by atoms with Crippen molar-refractivity contribution in [2.24, 2.45) is 0 Å². The zero-order chi connectivity index (χ0) is 35.3. The van der Waals surface area contributed by atoms with Crippen molar-refractivity contribution in [1.29, 1.82) is 0 Å². The Morgan fingerprint density at radius 2 is 0.712 bits per heavy atom. The molecule has 8 nitrogen and oxygen atoms in total. The summed E-state index contributed by atoms with van der Waals surface area (Å²) in [6, 6.07) is 32.6. The van der Waals surface area contributed by atoms with Gasteiger partial charge in [-0.1, -0.05) is 48.5 Å².